The van der Waals surface area contributed by atoms with Crippen LogP contribution in [0.4, 0.5) is 5.69 Å². The van der Waals surface area contributed by atoms with Crippen LogP contribution in [0.1, 0.15) is 6.92 Å². The Morgan fingerprint density at radius 2 is 2.11 bits per heavy atom. The van der Waals surface area contributed by atoms with Gasteiger partial charge < -0.3 is 5.11 Å². The van der Waals surface area contributed by atoms with E-state index in [0.717, 1.165) is 12.3 Å². The van der Waals surface area contributed by atoms with E-state index in [9.17, 15) is 18.3 Å². The van der Waals surface area contributed by atoms with Crippen LogP contribution in [0.15, 0.2) is 41.0 Å². The van der Waals surface area contributed by atoms with Crippen molar-refractivity contribution in [3.05, 3.63) is 36.1 Å². The Balaban J connectivity index is 3.29. The minimum absolute atomic E-state index is 0.0157. The Morgan fingerprint density at radius 1 is 1.47 bits per heavy atom. The van der Waals surface area contributed by atoms with Gasteiger partial charge in [0.15, 0.2) is 21.8 Å². The van der Waals surface area contributed by atoms with Crippen LogP contribution in [-0.4, -0.2) is 25.7 Å². The van der Waals surface area contributed by atoms with E-state index in [4.69, 9.17) is 5.26 Å². The van der Waals surface area contributed by atoms with Crippen molar-refractivity contribution in [2.24, 2.45) is 0 Å². The largest absolute Gasteiger partial charge is 0.503 e. The first kappa shape index (κ1) is 14.7. The second-order valence-electron chi connectivity index (χ2n) is 3.68. The van der Waals surface area contributed by atoms with Gasteiger partial charge in [0.2, 0.25) is 0 Å². The lowest BCUT2D eigenvalue weighted by molar-refractivity contribution is -0.116. The molecule has 0 fully saturated rings. The molecular formula is C12H12N2O4S. The predicted molar refractivity (Wildman–Crippen MR) is 69.0 cm³/mol. The summed E-state index contributed by atoms with van der Waals surface area (Å²) in [4.78, 5) is 12.3. The average Bonchev–Trinajstić information content (AvgIpc) is 2.38. The molecule has 7 heteroatoms. The summed E-state index contributed by atoms with van der Waals surface area (Å²) in [6.07, 6.45) is 3.77. The van der Waals surface area contributed by atoms with E-state index in [0.29, 0.717) is 4.90 Å². The summed E-state index contributed by atoms with van der Waals surface area (Å²) < 4.78 is 22.8. The lowest BCUT2D eigenvalue weighted by atomic mass is 10.3. The molecule has 1 aromatic carbocycles. The third-order valence-corrected chi connectivity index (χ3v) is 3.41. The predicted octanol–water partition coefficient (Wildman–Crippen LogP) is 1.37. The molecule has 0 aliphatic carbocycles. The first-order chi connectivity index (χ1) is 8.81. The monoisotopic (exact) mass is 280 g/mol. The molecule has 6 nitrogen and oxygen atoms in total. The summed E-state index contributed by atoms with van der Waals surface area (Å²) >= 11 is 0. The number of aliphatic hydroxyl groups excluding tert-OH is 1. The number of nitrogens with zero attached hydrogens (tertiary/aromatic N) is 2. The number of allylic oxidation sites excluding steroid dienone is 1. The zero-order chi connectivity index (χ0) is 14.6. The number of amides is 1. The minimum atomic E-state index is -3.44. The number of carbonyl (C=O) groups excluding carboxylic acids is 1. The molecule has 1 N–H and O–H groups in total. The van der Waals surface area contributed by atoms with Gasteiger partial charge in [-0.1, -0.05) is 6.07 Å². The average molecular weight is 280 g/mol. The molecule has 0 heterocycles. The standard InChI is InChI=1S/C12H12N2O4S/c1-3-11(15)12(16)14(8-13)9-5-4-6-10(7-9)19(2,17)18/h3-7,15H,1-2H3. The molecule has 0 unspecified atom stereocenters. The van der Waals surface area contributed by atoms with Crippen LogP contribution in [0, 0.1) is 11.5 Å². The molecule has 1 amide bonds. The Morgan fingerprint density at radius 3 is 2.58 bits per heavy atom. The van der Waals surface area contributed by atoms with Gasteiger partial charge in [-0.2, -0.15) is 5.26 Å². The zero-order valence-electron chi connectivity index (χ0n) is 10.4. The number of hydrogen-bond donors (Lipinski definition) is 1. The van der Waals surface area contributed by atoms with Crippen LogP contribution in [0.5, 0.6) is 0 Å². The number of anilines is 1. The number of nitriles is 1. The highest BCUT2D eigenvalue weighted by Crippen LogP contribution is 2.20. The summed E-state index contributed by atoms with van der Waals surface area (Å²) in [6, 6.07) is 5.36. The fraction of sp³-hybridized carbons (Fsp3) is 0.167. The molecule has 0 aliphatic rings. The van der Waals surface area contributed by atoms with Crippen LogP contribution in [-0.2, 0) is 14.6 Å². The number of benzene rings is 1. The van der Waals surface area contributed by atoms with E-state index in [-0.39, 0.29) is 10.6 Å². The van der Waals surface area contributed by atoms with Crippen molar-refractivity contribution in [3.8, 4) is 6.19 Å². The van der Waals surface area contributed by atoms with Gasteiger partial charge in [-0.05, 0) is 31.2 Å². The third kappa shape index (κ3) is 3.33. The number of rotatable bonds is 3. The van der Waals surface area contributed by atoms with Crippen molar-refractivity contribution < 1.29 is 18.3 Å². The lowest BCUT2D eigenvalue weighted by Crippen LogP contribution is -2.27. The molecular weight excluding hydrogens is 268 g/mol. The van der Waals surface area contributed by atoms with Crippen LogP contribution < -0.4 is 4.90 Å². The molecule has 0 aliphatic heterocycles. The quantitative estimate of drug-likeness (QED) is 0.390. The summed E-state index contributed by atoms with van der Waals surface area (Å²) in [7, 11) is -3.44. The molecule has 100 valence electrons. The lowest BCUT2D eigenvalue weighted by Gasteiger charge is -2.13. The van der Waals surface area contributed by atoms with Crippen LogP contribution in [0.3, 0.4) is 0 Å². The molecule has 0 saturated carbocycles. The Bertz CT molecular complexity index is 671. The molecule has 0 saturated heterocycles. The number of hydrogen-bond acceptors (Lipinski definition) is 5. The first-order valence-corrected chi connectivity index (χ1v) is 7.10. The first-order valence-electron chi connectivity index (χ1n) is 5.21. The van der Waals surface area contributed by atoms with Crippen molar-refractivity contribution in [2.45, 2.75) is 11.8 Å². The van der Waals surface area contributed by atoms with Crippen molar-refractivity contribution in [1.82, 2.24) is 0 Å². The molecule has 1 rings (SSSR count). The second kappa shape index (κ2) is 5.54. The Hall–Kier alpha value is -2.33. The smallest absolute Gasteiger partial charge is 0.306 e. The van der Waals surface area contributed by atoms with E-state index >= 15 is 0 Å². The van der Waals surface area contributed by atoms with Crippen molar-refractivity contribution in [1.29, 1.82) is 5.26 Å². The van der Waals surface area contributed by atoms with Gasteiger partial charge in [0.05, 0.1) is 10.6 Å². The molecule has 19 heavy (non-hydrogen) atoms. The molecule has 1 aromatic rings. The molecule has 0 atom stereocenters. The molecule has 0 radical (unpaired) electrons. The second-order valence-corrected chi connectivity index (χ2v) is 5.70. The Labute approximate surface area is 111 Å². The van der Waals surface area contributed by atoms with Gasteiger partial charge in [0, 0.05) is 6.26 Å². The van der Waals surface area contributed by atoms with Gasteiger partial charge in [0.1, 0.15) is 0 Å². The van der Waals surface area contributed by atoms with Gasteiger partial charge in [0.25, 0.3) is 0 Å². The topological polar surface area (TPSA) is 98.5 Å². The Kier molecular flexibility index (Phi) is 4.30. The van der Waals surface area contributed by atoms with E-state index in [2.05, 4.69) is 0 Å². The highest BCUT2D eigenvalue weighted by molar-refractivity contribution is 7.90. The van der Waals surface area contributed by atoms with Gasteiger partial charge in [-0.3, -0.25) is 4.79 Å². The van der Waals surface area contributed by atoms with Crippen LogP contribution in [0.2, 0.25) is 0 Å². The van der Waals surface area contributed by atoms with Gasteiger partial charge in [-0.15, -0.1) is 0 Å². The minimum Gasteiger partial charge on any atom is -0.503 e. The summed E-state index contributed by atoms with van der Waals surface area (Å²) in [5.41, 5.74) is 0.0730. The summed E-state index contributed by atoms with van der Waals surface area (Å²) in [5.74, 6) is -1.51. The number of carbonyl (C=O) groups is 1. The van der Waals surface area contributed by atoms with E-state index in [1.54, 1.807) is 6.19 Å². The van der Waals surface area contributed by atoms with E-state index < -0.39 is 21.5 Å². The number of sulfone groups is 1. The SMILES string of the molecule is CC=C(O)C(=O)N(C#N)c1cccc(S(C)(=O)=O)c1. The normalized spacial score (nSPS) is 11.7. The maximum Gasteiger partial charge on any atom is 0.306 e. The van der Waals surface area contributed by atoms with Crippen molar-refractivity contribution in [2.75, 3.05) is 11.2 Å². The fourth-order valence-electron chi connectivity index (χ4n) is 1.31. The number of aliphatic hydroxyl groups is 1. The highest BCUT2D eigenvalue weighted by Gasteiger charge is 2.20. The third-order valence-electron chi connectivity index (χ3n) is 2.30. The van der Waals surface area contributed by atoms with E-state index in [1.165, 1.54) is 31.2 Å². The summed E-state index contributed by atoms with van der Waals surface area (Å²) in [6.45, 7) is 1.44. The van der Waals surface area contributed by atoms with Crippen LogP contribution >= 0.6 is 0 Å². The highest BCUT2D eigenvalue weighted by atomic mass is 32.2. The maximum absolute atomic E-state index is 11.7. The molecule has 0 spiro atoms. The van der Waals surface area contributed by atoms with Crippen LogP contribution in [0.25, 0.3) is 0 Å². The van der Waals surface area contributed by atoms with Crippen molar-refractivity contribution >= 4 is 21.4 Å². The van der Waals surface area contributed by atoms with Gasteiger partial charge in [-0.25, -0.2) is 13.3 Å². The van der Waals surface area contributed by atoms with Gasteiger partial charge >= 0.3 is 5.91 Å². The molecule has 0 aromatic heterocycles. The zero-order valence-corrected chi connectivity index (χ0v) is 11.2. The van der Waals surface area contributed by atoms with E-state index in [1.807, 2.05) is 0 Å². The van der Waals surface area contributed by atoms with Crippen molar-refractivity contribution in [3.63, 3.8) is 0 Å². The molecule has 0 bridgehead atoms. The maximum atomic E-state index is 11.7. The summed E-state index contributed by atoms with van der Waals surface area (Å²) in [5, 5.41) is 18.3. The fourth-order valence-corrected chi connectivity index (χ4v) is 1.97.